The van der Waals surface area contributed by atoms with Gasteiger partial charge in [-0.1, -0.05) is 0 Å². The third-order valence-electron chi connectivity index (χ3n) is 2.45. The standard InChI is InChI=1S/C11H18N2O4S/c1-4-17-11(14)6-8-13(3)18(15,16)10-5-7-12(2)9-10/h5,7,9H,4,6,8H2,1-3H3. The Morgan fingerprint density at radius 3 is 2.67 bits per heavy atom. The topological polar surface area (TPSA) is 68.6 Å². The van der Waals surface area contributed by atoms with Gasteiger partial charge in [0.15, 0.2) is 0 Å². The zero-order valence-corrected chi connectivity index (χ0v) is 11.6. The number of rotatable bonds is 6. The summed E-state index contributed by atoms with van der Waals surface area (Å²) in [4.78, 5) is 11.4. The average molecular weight is 274 g/mol. The molecule has 1 aromatic heterocycles. The summed E-state index contributed by atoms with van der Waals surface area (Å²) in [6.45, 7) is 2.12. The minimum Gasteiger partial charge on any atom is -0.466 e. The molecular formula is C11H18N2O4S. The van der Waals surface area contributed by atoms with E-state index in [9.17, 15) is 13.2 Å². The smallest absolute Gasteiger partial charge is 0.307 e. The van der Waals surface area contributed by atoms with Crippen molar-refractivity contribution < 1.29 is 17.9 Å². The molecule has 1 aromatic rings. The first-order valence-electron chi connectivity index (χ1n) is 5.62. The number of sulfonamides is 1. The Balaban J connectivity index is 2.66. The number of carbonyl (C=O) groups is 1. The number of hydrogen-bond donors (Lipinski definition) is 0. The van der Waals surface area contributed by atoms with E-state index in [1.54, 1.807) is 24.7 Å². The molecular weight excluding hydrogens is 256 g/mol. The Kier molecular flexibility index (Phi) is 4.92. The number of ether oxygens (including phenoxy) is 1. The number of aryl methyl sites for hydroxylation is 1. The van der Waals surface area contributed by atoms with Gasteiger partial charge >= 0.3 is 5.97 Å². The van der Waals surface area contributed by atoms with Gasteiger partial charge in [-0.3, -0.25) is 4.79 Å². The Bertz CT molecular complexity index is 507. The van der Waals surface area contributed by atoms with Gasteiger partial charge in [-0.2, -0.15) is 0 Å². The highest BCUT2D eigenvalue weighted by Gasteiger charge is 2.22. The molecule has 7 heteroatoms. The molecule has 0 aliphatic rings. The van der Waals surface area contributed by atoms with Crippen LogP contribution in [0, 0.1) is 0 Å². The molecule has 1 rings (SSSR count). The van der Waals surface area contributed by atoms with Crippen LogP contribution in [0.25, 0.3) is 0 Å². The summed E-state index contributed by atoms with van der Waals surface area (Å²) in [5.41, 5.74) is 0. The molecule has 102 valence electrons. The van der Waals surface area contributed by atoms with Crippen molar-refractivity contribution in [2.24, 2.45) is 7.05 Å². The van der Waals surface area contributed by atoms with E-state index in [1.165, 1.54) is 19.3 Å². The van der Waals surface area contributed by atoms with Crippen molar-refractivity contribution in [1.29, 1.82) is 0 Å². The SMILES string of the molecule is CCOC(=O)CCN(C)S(=O)(=O)c1ccn(C)c1. The van der Waals surface area contributed by atoms with E-state index in [0.29, 0.717) is 6.61 Å². The van der Waals surface area contributed by atoms with Crippen LogP contribution in [0.4, 0.5) is 0 Å². The number of aromatic nitrogens is 1. The van der Waals surface area contributed by atoms with Crippen LogP contribution >= 0.6 is 0 Å². The molecule has 0 amide bonds. The molecule has 0 saturated carbocycles. The van der Waals surface area contributed by atoms with Crippen molar-refractivity contribution in [2.45, 2.75) is 18.2 Å². The second-order valence-electron chi connectivity index (χ2n) is 3.89. The third kappa shape index (κ3) is 3.58. The fourth-order valence-corrected chi connectivity index (χ4v) is 2.64. The van der Waals surface area contributed by atoms with Crippen molar-refractivity contribution in [1.82, 2.24) is 8.87 Å². The zero-order valence-electron chi connectivity index (χ0n) is 10.8. The monoisotopic (exact) mass is 274 g/mol. The fraction of sp³-hybridized carbons (Fsp3) is 0.545. The van der Waals surface area contributed by atoms with Crippen LogP contribution in [0.1, 0.15) is 13.3 Å². The summed E-state index contributed by atoms with van der Waals surface area (Å²) in [6, 6.07) is 1.52. The zero-order chi connectivity index (χ0) is 13.8. The van der Waals surface area contributed by atoms with E-state index in [-0.39, 0.29) is 17.9 Å². The highest BCUT2D eigenvalue weighted by atomic mass is 32.2. The molecule has 0 aromatic carbocycles. The summed E-state index contributed by atoms with van der Waals surface area (Å²) >= 11 is 0. The summed E-state index contributed by atoms with van der Waals surface area (Å²) in [5.74, 6) is -0.396. The summed E-state index contributed by atoms with van der Waals surface area (Å²) in [6.07, 6.45) is 3.23. The van der Waals surface area contributed by atoms with E-state index in [0.717, 1.165) is 4.31 Å². The van der Waals surface area contributed by atoms with Gasteiger partial charge in [0.1, 0.15) is 0 Å². The van der Waals surface area contributed by atoms with Crippen molar-refractivity contribution in [3.63, 3.8) is 0 Å². The van der Waals surface area contributed by atoms with Crippen molar-refractivity contribution in [3.05, 3.63) is 18.5 Å². The lowest BCUT2D eigenvalue weighted by Gasteiger charge is -2.15. The number of carbonyl (C=O) groups excluding carboxylic acids is 1. The highest BCUT2D eigenvalue weighted by Crippen LogP contribution is 2.14. The second kappa shape index (κ2) is 6.01. The normalized spacial score (nSPS) is 11.8. The molecule has 0 N–H and O–H groups in total. The molecule has 0 unspecified atom stereocenters. The maximum Gasteiger partial charge on any atom is 0.307 e. The number of esters is 1. The van der Waals surface area contributed by atoms with Gasteiger partial charge in [0.25, 0.3) is 0 Å². The molecule has 0 fully saturated rings. The molecule has 18 heavy (non-hydrogen) atoms. The lowest BCUT2D eigenvalue weighted by Crippen LogP contribution is -2.29. The lowest BCUT2D eigenvalue weighted by molar-refractivity contribution is -0.143. The molecule has 0 aliphatic heterocycles. The molecule has 6 nitrogen and oxygen atoms in total. The van der Waals surface area contributed by atoms with Crippen LogP contribution in [-0.2, 0) is 26.6 Å². The molecule has 1 heterocycles. The van der Waals surface area contributed by atoms with Crippen LogP contribution < -0.4 is 0 Å². The lowest BCUT2D eigenvalue weighted by atomic mass is 10.4. The summed E-state index contributed by atoms with van der Waals surface area (Å²) in [7, 11) is -0.330. The summed E-state index contributed by atoms with van der Waals surface area (Å²) in [5, 5.41) is 0. The molecule has 0 radical (unpaired) electrons. The maximum absolute atomic E-state index is 12.1. The quantitative estimate of drug-likeness (QED) is 0.712. The minimum atomic E-state index is -3.52. The van der Waals surface area contributed by atoms with E-state index < -0.39 is 16.0 Å². The fourth-order valence-electron chi connectivity index (χ4n) is 1.41. The Hall–Kier alpha value is -1.34. The van der Waals surface area contributed by atoms with Gasteiger partial charge in [0, 0.05) is 33.0 Å². The Morgan fingerprint density at radius 1 is 1.50 bits per heavy atom. The van der Waals surface area contributed by atoms with E-state index in [4.69, 9.17) is 4.74 Å². The van der Waals surface area contributed by atoms with Crippen LogP contribution in [0.3, 0.4) is 0 Å². The van der Waals surface area contributed by atoms with Crippen molar-refractivity contribution >= 4 is 16.0 Å². The van der Waals surface area contributed by atoms with Crippen LogP contribution in [0.5, 0.6) is 0 Å². The largest absolute Gasteiger partial charge is 0.466 e. The van der Waals surface area contributed by atoms with Gasteiger partial charge in [0.2, 0.25) is 10.0 Å². The van der Waals surface area contributed by atoms with Gasteiger partial charge in [-0.05, 0) is 13.0 Å². The van der Waals surface area contributed by atoms with E-state index in [2.05, 4.69) is 0 Å². The van der Waals surface area contributed by atoms with Gasteiger partial charge in [0.05, 0.1) is 17.9 Å². The van der Waals surface area contributed by atoms with Crippen molar-refractivity contribution in [2.75, 3.05) is 20.2 Å². The van der Waals surface area contributed by atoms with Crippen LogP contribution in [0.15, 0.2) is 23.4 Å². The first-order valence-corrected chi connectivity index (χ1v) is 7.06. The number of hydrogen-bond acceptors (Lipinski definition) is 4. The van der Waals surface area contributed by atoms with Gasteiger partial charge in [-0.15, -0.1) is 0 Å². The second-order valence-corrected chi connectivity index (χ2v) is 5.94. The average Bonchev–Trinajstić information content (AvgIpc) is 2.73. The molecule has 0 atom stereocenters. The predicted octanol–water partition coefficient (Wildman–Crippen LogP) is 0.599. The van der Waals surface area contributed by atoms with Gasteiger partial charge in [-0.25, -0.2) is 12.7 Å². The van der Waals surface area contributed by atoms with E-state index in [1.807, 2.05) is 0 Å². The first-order chi connectivity index (χ1) is 8.37. The highest BCUT2D eigenvalue weighted by molar-refractivity contribution is 7.89. The molecule has 0 spiro atoms. The molecule has 0 bridgehead atoms. The molecule has 0 saturated heterocycles. The first kappa shape index (κ1) is 14.7. The van der Waals surface area contributed by atoms with E-state index >= 15 is 0 Å². The van der Waals surface area contributed by atoms with Gasteiger partial charge < -0.3 is 9.30 Å². The predicted molar refractivity (Wildman–Crippen MR) is 66.5 cm³/mol. The Labute approximate surface area is 107 Å². The van der Waals surface area contributed by atoms with Crippen molar-refractivity contribution in [3.8, 4) is 0 Å². The minimum absolute atomic E-state index is 0.0520. The molecule has 0 aliphatic carbocycles. The maximum atomic E-state index is 12.1. The number of nitrogens with zero attached hydrogens (tertiary/aromatic N) is 2. The van der Waals surface area contributed by atoms with Crippen LogP contribution in [0.2, 0.25) is 0 Å². The van der Waals surface area contributed by atoms with Crippen LogP contribution in [-0.4, -0.2) is 43.5 Å². The summed E-state index contributed by atoms with van der Waals surface area (Å²) < 4.78 is 31.7. The Morgan fingerprint density at radius 2 is 2.17 bits per heavy atom. The third-order valence-corrected chi connectivity index (χ3v) is 4.29.